The average molecular weight is 248 g/mol. The Morgan fingerprint density at radius 3 is 2.33 bits per heavy atom. The molecule has 2 N–H and O–H groups in total. The normalized spacial score (nSPS) is 15.1. The third kappa shape index (κ3) is 4.43. The minimum atomic E-state index is 0.114. The maximum absolute atomic E-state index is 5.98. The predicted molar refractivity (Wildman–Crippen MR) is 79.7 cm³/mol. The average Bonchev–Trinajstić information content (AvgIpc) is 2.36. The van der Waals surface area contributed by atoms with Crippen LogP contribution in [0.4, 0.5) is 0 Å². The van der Waals surface area contributed by atoms with Gasteiger partial charge in [-0.05, 0) is 38.3 Å². The second kappa shape index (κ2) is 6.91. The summed E-state index contributed by atoms with van der Waals surface area (Å²) in [5.41, 5.74) is 7.49. The van der Waals surface area contributed by atoms with Crippen molar-refractivity contribution in [2.75, 3.05) is 20.1 Å². The van der Waals surface area contributed by atoms with Gasteiger partial charge >= 0.3 is 0 Å². The highest BCUT2D eigenvalue weighted by molar-refractivity contribution is 5.15. The zero-order valence-corrected chi connectivity index (χ0v) is 12.3. The number of rotatable bonds is 7. The summed E-state index contributed by atoms with van der Waals surface area (Å²) in [6.07, 6.45) is 2.24. The quantitative estimate of drug-likeness (QED) is 0.804. The Balaban J connectivity index is 2.55. The van der Waals surface area contributed by atoms with E-state index in [1.54, 1.807) is 0 Å². The summed E-state index contributed by atoms with van der Waals surface area (Å²) >= 11 is 0. The van der Waals surface area contributed by atoms with Crippen molar-refractivity contribution in [3.63, 3.8) is 0 Å². The molecule has 1 atom stereocenters. The molecular weight excluding hydrogens is 220 g/mol. The van der Waals surface area contributed by atoms with Crippen LogP contribution in [-0.2, 0) is 6.42 Å². The minimum absolute atomic E-state index is 0.114. The van der Waals surface area contributed by atoms with Gasteiger partial charge in [0.2, 0.25) is 0 Å². The van der Waals surface area contributed by atoms with E-state index in [9.17, 15) is 0 Å². The summed E-state index contributed by atoms with van der Waals surface area (Å²) < 4.78 is 0. The molecule has 0 aliphatic rings. The van der Waals surface area contributed by atoms with Gasteiger partial charge in [-0.3, -0.25) is 4.90 Å². The standard InChI is InChI=1S/C16H28N2/c1-14(2)12-16(3,13-17)18(4)11-10-15-8-6-5-7-9-15/h5-9,14H,10-13,17H2,1-4H3. The molecule has 102 valence electrons. The molecule has 0 saturated heterocycles. The van der Waals surface area contributed by atoms with Crippen LogP contribution in [0.5, 0.6) is 0 Å². The van der Waals surface area contributed by atoms with Crippen molar-refractivity contribution in [2.24, 2.45) is 11.7 Å². The smallest absolute Gasteiger partial charge is 0.0303 e. The van der Waals surface area contributed by atoms with Crippen LogP contribution in [0.15, 0.2) is 30.3 Å². The van der Waals surface area contributed by atoms with Gasteiger partial charge in [-0.1, -0.05) is 44.2 Å². The number of nitrogens with two attached hydrogens (primary N) is 1. The second-order valence-electron chi connectivity index (χ2n) is 5.96. The Morgan fingerprint density at radius 1 is 1.22 bits per heavy atom. The molecule has 0 heterocycles. The highest BCUT2D eigenvalue weighted by Gasteiger charge is 2.28. The van der Waals surface area contributed by atoms with E-state index in [-0.39, 0.29) is 5.54 Å². The number of likely N-dealkylation sites (N-methyl/N-ethyl adjacent to an activating group) is 1. The molecule has 0 bridgehead atoms. The molecule has 0 aliphatic carbocycles. The molecular formula is C16H28N2. The number of benzene rings is 1. The van der Waals surface area contributed by atoms with E-state index in [0.717, 1.165) is 25.9 Å². The summed E-state index contributed by atoms with van der Waals surface area (Å²) in [4.78, 5) is 2.42. The lowest BCUT2D eigenvalue weighted by Gasteiger charge is -2.39. The SMILES string of the molecule is CC(C)CC(C)(CN)N(C)CCc1ccccc1. The number of hydrogen-bond donors (Lipinski definition) is 1. The fraction of sp³-hybridized carbons (Fsp3) is 0.625. The molecule has 1 rings (SSSR count). The van der Waals surface area contributed by atoms with Gasteiger partial charge in [0.15, 0.2) is 0 Å². The zero-order chi connectivity index (χ0) is 13.6. The largest absolute Gasteiger partial charge is 0.329 e. The second-order valence-corrected chi connectivity index (χ2v) is 5.96. The first kappa shape index (κ1) is 15.2. The van der Waals surface area contributed by atoms with Crippen LogP contribution >= 0.6 is 0 Å². The van der Waals surface area contributed by atoms with Crippen LogP contribution < -0.4 is 5.73 Å². The Kier molecular flexibility index (Phi) is 5.83. The molecule has 0 spiro atoms. The summed E-state index contributed by atoms with van der Waals surface area (Å²) in [5, 5.41) is 0. The molecule has 1 unspecified atom stereocenters. The van der Waals surface area contributed by atoms with Crippen molar-refractivity contribution in [1.29, 1.82) is 0 Å². The van der Waals surface area contributed by atoms with Gasteiger partial charge in [-0.2, -0.15) is 0 Å². The van der Waals surface area contributed by atoms with Crippen molar-refractivity contribution < 1.29 is 0 Å². The third-order valence-electron chi connectivity index (χ3n) is 3.79. The van der Waals surface area contributed by atoms with Crippen molar-refractivity contribution in [3.05, 3.63) is 35.9 Å². The van der Waals surface area contributed by atoms with Gasteiger partial charge in [0.25, 0.3) is 0 Å². The van der Waals surface area contributed by atoms with Crippen LogP contribution in [-0.4, -0.2) is 30.6 Å². The maximum atomic E-state index is 5.98. The highest BCUT2D eigenvalue weighted by atomic mass is 15.2. The molecule has 18 heavy (non-hydrogen) atoms. The van der Waals surface area contributed by atoms with Gasteiger partial charge in [0, 0.05) is 18.6 Å². The Hall–Kier alpha value is -0.860. The first-order valence-corrected chi connectivity index (χ1v) is 6.93. The molecule has 1 aromatic carbocycles. The van der Waals surface area contributed by atoms with Crippen LogP contribution in [0.25, 0.3) is 0 Å². The van der Waals surface area contributed by atoms with Crippen molar-refractivity contribution in [3.8, 4) is 0 Å². The first-order chi connectivity index (χ1) is 8.48. The zero-order valence-electron chi connectivity index (χ0n) is 12.3. The summed E-state index contributed by atoms with van der Waals surface area (Å²) in [5.74, 6) is 0.678. The van der Waals surface area contributed by atoms with Crippen LogP contribution in [0, 0.1) is 5.92 Å². The summed E-state index contributed by atoms with van der Waals surface area (Å²) in [6, 6.07) is 10.7. The predicted octanol–water partition coefficient (Wildman–Crippen LogP) is 2.92. The van der Waals surface area contributed by atoms with Gasteiger partial charge in [0.1, 0.15) is 0 Å². The van der Waals surface area contributed by atoms with Crippen LogP contribution in [0.3, 0.4) is 0 Å². The van der Waals surface area contributed by atoms with Crippen LogP contribution in [0.1, 0.15) is 32.8 Å². The lowest BCUT2D eigenvalue weighted by molar-refractivity contribution is 0.120. The Labute approximate surface area is 112 Å². The lowest BCUT2D eigenvalue weighted by atomic mass is 9.89. The number of hydrogen-bond acceptors (Lipinski definition) is 2. The molecule has 0 aromatic heterocycles. The highest BCUT2D eigenvalue weighted by Crippen LogP contribution is 2.22. The monoisotopic (exact) mass is 248 g/mol. The van der Waals surface area contributed by atoms with E-state index in [1.165, 1.54) is 5.56 Å². The number of nitrogens with zero attached hydrogens (tertiary/aromatic N) is 1. The molecule has 0 amide bonds. The van der Waals surface area contributed by atoms with E-state index in [2.05, 4.69) is 63.1 Å². The van der Waals surface area contributed by atoms with Crippen molar-refractivity contribution in [1.82, 2.24) is 4.90 Å². The van der Waals surface area contributed by atoms with Crippen molar-refractivity contribution in [2.45, 2.75) is 39.2 Å². The molecule has 1 aromatic rings. The summed E-state index contributed by atoms with van der Waals surface area (Å²) in [6.45, 7) is 8.58. The van der Waals surface area contributed by atoms with E-state index < -0.39 is 0 Å². The summed E-state index contributed by atoms with van der Waals surface area (Å²) in [7, 11) is 2.19. The molecule has 0 aliphatic heterocycles. The fourth-order valence-corrected chi connectivity index (χ4v) is 2.49. The first-order valence-electron chi connectivity index (χ1n) is 6.93. The molecule has 0 fully saturated rings. The minimum Gasteiger partial charge on any atom is -0.329 e. The lowest BCUT2D eigenvalue weighted by Crippen LogP contribution is -2.51. The van der Waals surface area contributed by atoms with Gasteiger partial charge in [-0.25, -0.2) is 0 Å². The van der Waals surface area contributed by atoms with E-state index >= 15 is 0 Å². The molecule has 2 nitrogen and oxygen atoms in total. The fourth-order valence-electron chi connectivity index (χ4n) is 2.49. The van der Waals surface area contributed by atoms with Gasteiger partial charge in [0.05, 0.1) is 0 Å². The van der Waals surface area contributed by atoms with Gasteiger partial charge in [-0.15, -0.1) is 0 Å². The van der Waals surface area contributed by atoms with Gasteiger partial charge < -0.3 is 5.73 Å². The van der Waals surface area contributed by atoms with E-state index in [4.69, 9.17) is 5.73 Å². The Bertz CT molecular complexity index is 334. The topological polar surface area (TPSA) is 29.3 Å². The Morgan fingerprint density at radius 2 is 1.83 bits per heavy atom. The third-order valence-corrected chi connectivity index (χ3v) is 3.79. The maximum Gasteiger partial charge on any atom is 0.0303 e. The molecule has 0 saturated carbocycles. The van der Waals surface area contributed by atoms with Crippen molar-refractivity contribution >= 4 is 0 Å². The molecule has 0 radical (unpaired) electrons. The van der Waals surface area contributed by atoms with E-state index in [1.807, 2.05) is 0 Å². The van der Waals surface area contributed by atoms with E-state index in [0.29, 0.717) is 5.92 Å². The van der Waals surface area contributed by atoms with Crippen LogP contribution in [0.2, 0.25) is 0 Å². The molecule has 2 heteroatoms.